The van der Waals surface area contributed by atoms with E-state index in [1.54, 1.807) is 0 Å². The molecule has 1 heterocycles. The molecule has 0 saturated carbocycles. The minimum atomic E-state index is -0.634. The van der Waals surface area contributed by atoms with E-state index in [1.165, 1.54) is 16.2 Å². The Morgan fingerprint density at radius 2 is 1.89 bits per heavy atom. The van der Waals surface area contributed by atoms with Gasteiger partial charge in [-0.1, -0.05) is 0 Å². The highest BCUT2D eigenvalue weighted by atomic mass is 32.1. The summed E-state index contributed by atoms with van der Waals surface area (Å²) in [5.74, 6) is -1.16. The topological polar surface area (TPSA) is 62.3 Å². The largest absolute Gasteiger partial charge is 0.330 e. The fourth-order valence-electron chi connectivity index (χ4n) is 1.72. The first-order valence-electron chi connectivity index (χ1n) is 6.23. The summed E-state index contributed by atoms with van der Waals surface area (Å²) >= 11 is 1.37. The van der Waals surface area contributed by atoms with E-state index < -0.39 is 11.8 Å². The number of anilines is 1. The highest BCUT2D eigenvalue weighted by Crippen LogP contribution is 2.21. The lowest BCUT2D eigenvalue weighted by molar-refractivity contribution is -0.146. The number of likely N-dealkylation sites (N-methyl/N-ethyl adjacent to an activating group) is 1. The number of amides is 2. The molecule has 1 rings (SSSR count). The monoisotopic (exact) mass is 283 g/mol. The van der Waals surface area contributed by atoms with E-state index in [-0.39, 0.29) is 5.54 Å². The van der Waals surface area contributed by atoms with Crippen LogP contribution in [0.2, 0.25) is 0 Å². The smallest absolute Gasteiger partial charge is 0.315 e. The van der Waals surface area contributed by atoms with Gasteiger partial charge in [-0.15, -0.1) is 11.3 Å². The lowest BCUT2D eigenvalue weighted by Crippen LogP contribution is -2.49. The summed E-state index contributed by atoms with van der Waals surface area (Å²) in [5.41, 5.74) is 0.494. The molecule has 0 aromatic carbocycles. The molecule has 1 aromatic heterocycles. The molecule has 0 aliphatic rings. The van der Waals surface area contributed by atoms with Crippen LogP contribution in [0.25, 0.3) is 0 Å². The zero-order chi connectivity index (χ0) is 14.8. The second kappa shape index (κ2) is 5.69. The van der Waals surface area contributed by atoms with Gasteiger partial charge in [-0.2, -0.15) is 0 Å². The van der Waals surface area contributed by atoms with E-state index in [9.17, 15) is 9.59 Å². The number of hydrogen-bond acceptors (Lipinski definition) is 4. The molecule has 0 spiro atoms. The minimum absolute atomic E-state index is 0.377. The van der Waals surface area contributed by atoms with E-state index in [2.05, 4.69) is 10.3 Å². The third-order valence-corrected chi connectivity index (χ3v) is 3.80. The Morgan fingerprint density at radius 1 is 1.32 bits per heavy atom. The lowest BCUT2D eigenvalue weighted by Gasteiger charge is -2.34. The molecule has 5 nitrogen and oxygen atoms in total. The maximum Gasteiger partial charge on any atom is 0.315 e. The third kappa shape index (κ3) is 3.76. The van der Waals surface area contributed by atoms with Gasteiger partial charge in [0.1, 0.15) is 0 Å². The van der Waals surface area contributed by atoms with Crippen molar-refractivity contribution in [2.24, 2.45) is 0 Å². The molecule has 0 bridgehead atoms. The van der Waals surface area contributed by atoms with E-state index in [4.69, 9.17) is 0 Å². The Kier molecular flexibility index (Phi) is 4.68. The summed E-state index contributed by atoms with van der Waals surface area (Å²) in [6.07, 6.45) is 0. The summed E-state index contributed by atoms with van der Waals surface area (Å²) < 4.78 is 0. The number of carbonyl (C=O) groups excluding carboxylic acids is 2. The molecular formula is C13H21N3O2S. The Balaban J connectivity index is 2.80. The van der Waals surface area contributed by atoms with E-state index in [0.717, 1.165) is 10.6 Å². The van der Waals surface area contributed by atoms with Crippen LogP contribution in [-0.2, 0) is 9.59 Å². The van der Waals surface area contributed by atoms with Crippen LogP contribution in [0.15, 0.2) is 0 Å². The van der Waals surface area contributed by atoms with Crippen LogP contribution in [0.5, 0.6) is 0 Å². The molecule has 2 amide bonds. The molecule has 19 heavy (non-hydrogen) atoms. The second-order valence-electron chi connectivity index (χ2n) is 5.33. The summed E-state index contributed by atoms with van der Waals surface area (Å²) in [4.78, 5) is 30.8. The van der Waals surface area contributed by atoms with Crippen LogP contribution in [0.1, 0.15) is 38.3 Å². The number of aryl methyl sites for hydroxylation is 2. The van der Waals surface area contributed by atoms with Crippen molar-refractivity contribution in [3.05, 3.63) is 10.6 Å². The van der Waals surface area contributed by atoms with Gasteiger partial charge in [-0.3, -0.25) is 14.9 Å². The van der Waals surface area contributed by atoms with Gasteiger partial charge >= 0.3 is 11.8 Å². The van der Waals surface area contributed by atoms with Crippen LogP contribution < -0.4 is 5.32 Å². The van der Waals surface area contributed by atoms with Gasteiger partial charge in [-0.25, -0.2) is 4.98 Å². The van der Waals surface area contributed by atoms with E-state index >= 15 is 0 Å². The van der Waals surface area contributed by atoms with Gasteiger partial charge in [0.25, 0.3) is 0 Å². The highest BCUT2D eigenvalue weighted by molar-refractivity contribution is 7.15. The van der Waals surface area contributed by atoms with E-state index in [1.807, 2.05) is 41.5 Å². The minimum Gasteiger partial charge on any atom is -0.330 e. The van der Waals surface area contributed by atoms with E-state index in [0.29, 0.717) is 11.7 Å². The maximum atomic E-state index is 12.1. The summed E-state index contributed by atoms with van der Waals surface area (Å²) in [7, 11) is 0. The molecule has 6 heteroatoms. The van der Waals surface area contributed by atoms with Gasteiger partial charge in [0.05, 0.1) is 5.69 Å². The Morgan fingerprint density at radius 3 is 2.26 bits per heavy atom. The van der Waals surface area contributed by atoms with Crippen molar-refractivity contribution >= 4 is 28.3 Å². The Labute approximate surface area is 118 Å². The zero-order valence-electron chi connectivity index (χ0n) is 12.3. The second-order valence-corrected chi connectivity index (χ2v) is 6.54. The van der Waals surface area contributed by atoms with Gasteiger partial charge in [-0.05, 0) is 41.5 Å². The molecule has 0 saturated heterocycles. The van der Waals surface area contributed by atoms with Crippen molar-refractivity contribution in [3.63, 3.8) is 0 Å². The average Bonchev–Trinajstić information content (AvgIpc) is 2.56. The lowest BCUT2D eigenvalue weighted by atomic mass is 10.1. The SMILES string of the molecule is CCN(C(=O)C(=O)Nc1nc(C)c(C)s1)C(C)(C)C. The van der Waals surface area contributed by atoms with Crippen molar-refractivity contribution in [2.75, 3.05) is 11.9 Å². The molecular weight excluding hydrogens is 262 g/mol. The normalized spacial score (nSPS) is 11.3. The first-order chi connectivity index (χ1) is 8.66. The van der Waals surface area contributed by atoms with Crippen molar-refractivity contribution in [2.45, 2.75) is 47.1 Å². The fourth-order valence-corrected chi connectivity index (χ4v) is 2.53. The zero-order valence-corrected chi connectivity index (χ0v) is 13.1. The van der Waals surface area contributed by atoms with Crippen molar-refractivity contribution in [1.29, 1.82) is 0 Å². The Hall–Kier alpha value is -1.43. The van der Waals surface area contributed by atoms with Crippen LogP contribution in [0, 0.1) is 13.8 Å². The Bertz CT molecular complexity index is 469. The molecule has 0 fully saturated rings. The first-order valence-corrected chi connectivity index (χ1v) is 7.05. The summed E-state index contributed by atoms with van der Waals surface area (Å²) in [6.45, 7) is 11.9. The van der Waals surface area contributed by atoms with Gasteiger partial charge in [0, 0.05) is 17.0 Å². The molecule has 106 valence electrons. The molecule has 1 N–H and O–H groups in total. The molecule has 0 unspecified atom stereocenters. The third-order valence-electron chi connectivity index (χ3n) is 2.81. The quantitative estimate of drug-likeness (QED) is 0.847. The van der Waals surface area contributed by atoms with Crippen molar-refractivity contribution < 1.29 is 9.59 Å². The predicted octanol–water partition coefficient (Wildman–Crippen LogP) is 2.35. The standard InChI is InChI=1S/C13H21N3O2S/c1-7-16(13(4,5)6)11(18)10(17)15-12-14-8(2)9(3)19-12/h7H2,1-6H3,(H,14,15,17). The van der Waals surface area contributed by atoms with Gasteiger partial charge in [0.2, 0.25) is 0 Å². The number of nitrogens with one attached hydrogen (secondary N) is 1. The van der Waals surface area contributed by atoms with Crippen molar-refractivity contribution in [3.8, 4) is 0 Å². The molecule has 0 aliphatic heterocycles. The first kappa shape index (κ1) is 15.6. The molecule has 0 radical (unpaired) electrons. The van der Waals surface area contributed by atoms with Crippen LogP contribution in [-0.4, -0.2) is 33.8 Å². The number of carbonyl (C=O) groups is 2. The summed E-state index contributed by atoms with van der Waals surface area (Å²) in [6, 6.07) is 0. The van der Waals surface area contributed by atoms with Gasteiger partial charge in [0.15, 0.2) is 5.13 Å². The molecule has 1 aromatic rings. The summed E-state index contributed by atoms with van der Waals surface area (Å²) in [5, 5.41) is 3.04. The molecule has 0 aliphatic carbocycles. The maximum absolute atomic E-state index is 12.1. The average molecular weight is 283 g/mol. The number of aromatic nitrogens is 1. The van der Waals surface area contributed by atoms with Gasteiger partial charge < -0.3 is 4.90 Å². The van der Waals surface area contributed by atoms with Crippen molar-refractivity contribution in [1.82, 2.24) is 9.88 Å². The van der Waals surface area contributed by atoms with Crippen LogP contribution >= 0.6 is 11.3 Å². The fraction of sp³-hybridized carbons (Fsp3) is 0.615. The molecule has 0 atom stereocenters. The predicted molar refractivity (Wildman–Crippen MR) is 77.4 cm³/mol. The number of thiazole rings is 1. The highest BCUT2D eigenvalue weighted by Gasteiger charge is 2.30. The number of rotatable bonds is 2. The van der Waals surface area contributed by atoms with Crippen LogP contribution in [0.3, 0.4) is 0 Å². The number of nitrogens with zero attached hydrogens (tertiary/aromatic N) is 2. The number of hydrogen-bond donors (Lipinski definition) is 1. The van der Waals surface area contributed by atoms with Crippen LogP contribution in [0.4, 0.5) is 5.13 Å².